The second kappa shape index (κ2) is 11.7. The molecule has 14 heteroatoms. The van der Waals surface area contributed by atoms with Gasteiger partial charge in [-0.05, 0) is 68.2 Å². The predicted octanol–water partition coefficient (Wildman–Crippen LogP) is 4.51. The molecule has 7 nitrogen and oxygen atoms in total. The number of hydrogen-bond acceptors (Lipinski definition) is 6. The number of aliphatic hydroxyl groups excluding tert-OH is 1. The van der Waals surface area contributed by atoms with Gasteiger partial charge in [0.1, 0.15) is 11.9 Å². The molecule has 0 spiro atoms. The van der Waals surface area contributed by atoms with Crippen molar-refractivity contribution in [3.05, 3.63) is 45.9 Å². The van der Waals surface area contributed by atoms with Crippen molar-refractivity contribution in [1.29, 1.82) is 0 Å². The summed E-state index contributed by atoms with van der Waals surface area (Å²) in [5.41, 5.74) is -2.88. The number of benzene rings is 1. The molecule has 1 unspecified atom stereocenters. The number of amides is 2. The minimum atomic E-state index is -4.92. The fourth-order valence-electron chi connectivity index (χ4n) is 4.23. The van der Waals surface area contributed by atoms with Gasteiger partial charge in [0.2, 0.25) is 5.91 Å². The highest BCUT2D eigenvalue weighted by molar-refractivity contribution is 8.18. The van der Waals surface area contributed by atoms with Crippen LogP contribution in [0.1, 0.15) is 36.5 Å². The van der Waals surface area contributed by atoms with Crippen LogP contribution in [0.15, 0.2) is 34.2 Å². The van der Waals surface area contributed by atoms with Gasteiger partial charge in [-0.25, -0.2) is 0 Å². The fraction of sp³-hybridized carbons (Fsp3) is 0.542. The van der Waals surface area contributed by atoms with E-state index in [0.29, 0.717) is 36.9 Å². The Kier molecular flexibility index (Phi) is 9.20. The van der Waals surface area contributed by atoms with Gasteiger partial charge in [-0.1, -0.05) is 12.1 Å². The predicted molar refractivity (Wildman–Crippen MR) is 130 cm³/mol. The molecular formula is C24H28F6N4O3S. The first-order valence-corrected chi connectivity index (χ1v) is 12.6. The molecule has 0 radical (unpaired) electrons. The summed E-state index contributed by atoms with van der Waals surface area (Å²) in [7, 11) is 3.06. The summed E-state index contributed by atoms with van der Waals surface area (Å²) in [6, 6.07) is 0.663. The quantitative estimate of drug-likeness (QED) is 0.493. The van der Waals surface area contributed by atoms with E-state index < -0.39 is 46.8 Å². The lowest BCUT2D eigenvalue weighted by molar-refractivity contribution is -0.143. The Hall–Kier alpha value is -2.58. The van der Waals surface area contributed by atoms with E-state index in [-0.39, 0.29) is 29.9 Å². The smallest absolute Gasteiger partial charge is 0.391 e. The summed E-state index contributed by atoms with van der Waals surface area (Å²) >= 11 is 0.871. The molecule has 1 fully saturated rings. The largest absolute Gasteiger partial charge is 0.416 e. The lowest BCUT2D eigenvalue weighted by Gasteiger charge is -2.32. The number of halogens is 6. The number of allylic oxidation sites excluding steroid dienone is 1. The number of carbonyl (C=O) groups excluding carboxylic acids is 2. The minimum Gasteiger partial charge on any atom is -0.391 e. The molecule has 2 heterocycles. The van der Waals surface area contributed by atoms with Crippen molar-refractivity contribution in [2.45, 2.75) is 50.8 Å². The van der Waals surface area contributed by atoms with Gasteiger partial charge in [-0.2, -0.15) is 31.3 Å². The number of alkyl halides is 6. The molecule has 1 aromatic carbocycles. The summed E-state index contributed by atoms with van der Waals surface area (Å²) in [6.07, 6.45) is -7.99. The molecule has 2 atom stereocenters. The molecule has 210 valence electrons. The molecular weight excluding hydrogens is 538 g/mol. The highest BCUT2D eigenvalue weighted by Gasteiger charge is 2.38. The first kappa shape index (κ1) is 30.0. The van der Waals surface area contributed by atoms with Crippen LogP contribution in [0, 0.1) is 5.92 Å². The van der Waals surface area contributed by atoms with Crippen LogP contribution >= 0.6 is 11.8 Å². The van der Waals surface area contributed by atoms with Crippen molar-refractivity contribution in [3.63, 3.8) is 0 Å². The SMILES string of the molecule is CC(O)[C@H](NC1=NC(=O)S/C1=C\C1CCN(Cc2ccc(C(F)(F)F)cc2C(F)(F)F)CC1)C(=O)N(C)C. The maximum Gasteiger partial charge on any atom is 0.416 e. The van der Waals surface area contributed by atoms with Crippen LogP contribution in [-0.2, 0) is 23.7 Å². The van der Waals surface area contributed by atoms with Gasteiger partial charge in [0.25, 0.3) is 0 Å². The van der Waals surface area contributed by atoms with Crippen molar-refractivity contribution in [2.75, 3.05) is 27.2 Å². The number of amidine groups is 1. The van der Waals surface area contributed by atoms with Crippen molar-refractivity contribution in [1.82, 2.24) is 15.1 Å². The average molecular weight is 567 g/mol. The normalized spacial score (nSPS) is 20.4. The lowest BCUT2D eigenvalue weighted by Crippen LogP contribution is -2.52. The van der Waals surface area contributed by atoms with Gasteiger partial charge in [0, 0.05) is 20.6 Å². The third-order valence-electron chi connectivity index (χ3n) is 6.27. The minimum absolute atomic E-state index is 0.0455. The number of nitrogens with zero attached hydrogens (tertiary/aromatic N) is 3. The van der Waals surface area contributed by atoms with E-state index in [9.17, 15) is 41.0 Å². The molecule has 3 rings (SSSR count). The molecule has 38 heavy (non-hydrogen) atoms. The number of aliphatic hydroxyl groups is 1. The number of rotatable bonds is 6. The first-order valence-electron chi connectivity index (χ1n) is 11.7. The summed E-state index contributed by atoms with van der Waals surface area (Å²) in [5.74, 6) is -0.278. The van der Waals surface area contributed by atoms with E-state index in [1.165, 1.54) is 25.9 Å². The Morgan fingerprint density at radius 3 is 2.37 bits per heavy atom. The number of piperidine rings is 1. The van der Waals surface area contributed by atoms with Crippen molar-refractivity contribution in [3.8, 4) is 0 Å². The van der Waals surface area contributed by atoms with E-state index >= 15 is 0 Å². The third kappa shape index (κ3) is 7.50. The molecule has 2 aliphatic heterocycles. The molecule has 0 saturated carbocycles. The molecule has 0 aromatic heterocycles. The van der Waals surface area contributed by atoms with Crippen LogP contribution < -0.4 is 5.32 Å². The topological polar surface area (TPSA) is 85.2 Å². The number of nitrogens with one attached hydrogen (secondary N) is 1. The molecule has 0 bridgehead atoms. The van der Waals surface area contributed by atoms with Crippen LogP contribution in [0.5, 0.6) is 0 Å². The zero-order chi connectivity index (χ0) is 28.4. The Morgan fingerprint density at radius 2 is 1.84 bits per heavy atom. The Morgan fingerprint density at radius 1 is 1.21 bits per heavy atom. The lowest BCUT2D eigenvalue weighted by atomic mass is 9.95. The molecule has 1 aromatic rings. The number of likely N-dealkylation sites (N-methyl/N-ethyl adjacent to an activating group) is 1. The maximum absolute atomic E-state index is 13.5. The average Bonchev–Trinajstić information content (AvgIpc) is 3.15. The number of hydrogen-bond donors (Lipinski definition) is 2. The van der Waals surface area contributed by atoms with Crippen molar-refractivity contribution < 1.29 is 41.0 Å². The maximum atomic E-state index is 13.5. The Labute approximate surface area is 219 Å². The monoisotopic (exact) mass is 566 g/mol. The highest BCUT2D eigenvalue weighted by atomic mass is 32.2. The van der Waals surface area contributed by atoms with Gasteiger partial charge in [0.15, 0.2) is 0 Å². The van der Waals surface area contributed by atoms with Crippen LogP contribution in [-0.4, -0.2) is 71.2 Å². The molecule has 1 saturated heterocycles. The first-order chi connectivity index (χ1) is 17.6. The number of carbonyl (C=O) groups is 2. The van der Waals surface area contributed by atoms with Crippen LogP contribution in [0.2, 0.25) is 0 Å². The number of aliphatic imine (C=N–C) groups is 1. The van der Waals surface area contributed by atoms with E-state index in [1.54, 1.807) is 4.90 Å². The number of thioether (sulfide) groups is 1. The Balaban J connectivity index is 1.68. The summed E-state index contributed by atoms with van der Waals surface area (Å²) in [6.45, 7) is 2.06. The molecule has 0 aliphatic carbocycles. The van der Waals surface area contributed by atoms with Gasteiger partial charge < -0.3 is 15.3 Å². The van der Waals surface area contributed by atoms with Crippen molar-refractivity contribution >= 4 is 28.7 Å². The van der Waals surface area contributed by atoms with Crippen LogP contribution in [0.25, 0.3) is 0 Å². The standard InChI is InChI=1S/C24H28F6N4O3S/c1-13(35)19(21(36)33(2)3)31-20-18(38-22(37)32-20)10-14-6-8-34(9-7-14)12-15-4-5-16(23(25,26)27)11-17(15)24(28,29)30/h4-5,10-11,13-14,19,35H,6-9,12H2,1-3H3,(H,31,32,37)/b18-10-/t13?,19-/m0/s1. The second-order valence-electron chi connectivity index (χ2n) is 9.44. The third-order valence-corrected chi connectivity index (χ3v) is 7.09. The summed E-state index contributed by atoms with van der Waals surface area (Å²) in [5, 5.41) is 12.4. The van der Waals surface area contributed by atoms with E-state index in [0.717, 1.165) is 17.8 Å². The Bertz CT molecular complexity index is 1110. The highest BCUT2D eigenvalue weighted by Crippen LogP contribution is 2.38. The zero-order valence-corrected chi connectivity index (χ0v) is 21.7. The van der Waals surface area contributed by atoms with Gasteiger partial charge in [-0.3, -0.25) is 14.5 Å². The van der Waals surface area contributed by atoms with Gasteiger partial charge in [-0.15, -0.1) is 0 Å². The van der Waals surface area contributed by atoms with E-state index in [1.807, 2.05) is 6.08 Å². The zero-order valence-electron chi connectivity index (χ0n) is 20.9. The van der Waals surface area contributed by atoms with Crippen LogP contribution in [0.4, 0.5) is 31.1 Å². The fourth-order valence-corrected chi connectivity index (χ4v) is 5.02. The molecule has 2 N–H and O–H groups in total. The number of likely N-dealkylation sites (tertiary alicyclic amines) is 1. The van der Waals surface area contributed by atoms with E-state index in [2.05, 4.69) is 10.3 Å². The van der Waals surface area contributed by atoms with Crippen molar-refractivity contribution in [2.24, 2.45) is 10.9 Å². The second-order valence-corrected chi connectivity index (χ2v) is 10.4. The molecule has 2 aliphatic rings. The molecule has 2 amide bonds. The van der Waals surface area contributed by atoms with Crippen LogP contribution in [0.3, 0.4) is 0 Å². The van der Waals surface area contributed by atoms with Gasteiger partial charge >= 0.3 is 17.6 Å². The summed E-state index contributed by atoms with van der Waals surface area (Å²) < 4.78 is 79.3. The van der Waals surface area contributed by atoms with Gasteiger partial charge in [0.05, 0.1) is 22.1 Å². The van der Waals surface area contributed by atoms with E-state index in [4.69, 9.17) is 0 Å². The summed E-state index contributed by atoms with van der Waals surface area (Å²) in [4.78, 5) is 31.8.